The molecule has 36 heavy (non-hydrogen) atoms. The quantitative estimate of drug-likeness (QED) is 0.454. The molecule has 1 N–H and O–H groups in total. The van der Waals surface area contributed by atoms with E-state index in [1.807, 2.05) is 6.92 Å². The summed E-state index contributed by atoms with van der Waals surface area (Å²) in [6.07, 6.45) is 5.56. The Morgan fingerprint density at radius 2 is 1.53 bits per heavy atom. The largest absolute Gasteiger partial charge is 0.352 e. The molecule has 0 unspecified atom stereocenters. The molecule has 10 heteroatoms. The first-order valence-corrected chi connectivity index (χ1v) is 14.4. The maximum Gasteiger partial charge on any atom is 0.243 e. The zero-order valence-electron chi connectivity index (χ0n) is 20.6. The van der Waals surface area contributed by atoms with Crippen LogP contribution < -0.4 is 5.32 Å². The molecule has 196 valence electrons. The second kappa shape index (κ2) is 12.9. The Balaban J connectivity index is 1.82. The first kappa shape index (κ1) is 28.4. The molecule has 0 aromatic heterocycles. The number of carbonyl (C=O) groups is 2. The fourth-order valence-electron chi connectivity index (χ4n) is 4.40. The molecule has 1 aliphatic rings. The number of rotatable bonds is 10. The van der Waals surface area contributed by atoms with Crippen LogP contribution in [0.15, 0.2) is 53.4 Å². The van der Waals surface area contributed by atoms with Gasteiger partial charge in [0.25, 0.3) is 0 Å². The van der Waals surface area contributed by atoms with Crippen molar-refractivity contribution in [3.8, 4) is 0 Å². The standard InChI is InChI=1S/C26H33Cl2N3O4S/c1-3-24(26(33)29-22-7-5-4-6-8-22)31(17-19-9-11-20(27)12-10-19)25(32)18-30(2)36(34,35)23-15-13-21(28)14-16-23/h9-16,22,24H,3-8,17-18H2,1-2H3,(H,29,33)/t24-/m0/s1. The third kappa shape index (κ3) is 7.44. The van der Waals surface area contributed by atoms with E-state index in [9.17, 15) is 18.0 Å². The molecule has 1 atom stereocenters. The van der Waals surface area contributed by atoms with E-state index in [1.165, 1.54) is 42.6 Å². The molecule has 1 aliphatic carbocycles. The maximum absolute atomic E-state index is 13.5. The molecular formula is C26H33Cl2N3O4S. The van der Waals surface area contributed by atoms with Crippen LogP contribution in [0.1, 0.15) is 51.0 Å². The number of likely N-dealkylation sites (N-methyl/N-ethyl adjacent to an activating group) is 1. The lowest BCUT2D eigenvalue weighted by molar-refractivity contribution is -0.141. The summed E-state index contributed by atoms with van der Waals surface area (Å²) in [5.41, 5.74) is 0.792. The fraction of sp³-hybridized carbons (Fsp3) is 0.462. The summed E-state index contributed by atoms with van der Waals surface area (Å²) < 4.78 is 27.1. The van der Waals surface area contributed by atoms with E-state index >= 15 is 0 Å². The van der Waals surface area contributed by atoms with Crippen LogP contribution in [0, 0.1) is 0 Å². The SMILES string of the molecule is CC[C@@H](C(=O)NC1CCCCC1)N(Cc1ccc(Cl)cc1)C(=O)CN(C)S(=O)(=O)c1ccc(Cl)cc1. The second-order valence-electron chi connectivity index (χ2n) is 9.13. The highest BCUT2D eigenvalue weighted by Crippen LogP contribution is 2.21. The average molecular weight is 555 g/mol. The van der Waals surface area contributed by atoms with Crippen LogP contribution in [-0.2, 0) is 26.2 Å². The number of hydrogen-bond donors (Lipinski definition) is 1. The highest BCUT2D eigenvalue weighted by molar-refractivity contribution is 7.89. The predicted octanol–water partition coefficient (Wildman–Crippen LogP) is 4.87. The van der Waals surface area contributed by atoms with Gasteiger partial charge in [0.2, 0.25) is 21.8 Å². The Morgan fingerprint density at radius 1 is 0.972 bits per heavy atom. The van der Waals surface area contributed by atoms with Gasteiger partial charge in [-0.1, -0.05) is 61.5 Å². The topological polar surface area (TPSA) is 86.8 Å². The molecular weight excluding hydrogens is 521 g/mol. The van der Waals surface area contributed by atoms with Crippen LogP contribution in [0.25, 0.3) is 0 Å². The maximum atomic E-state index is 13.5. The summed E-state index contributed by atoms with van der Waals surface area (Å²) in [4.78, 5) is 28.3. The van der Waals surface area contributed by atoms with Gasteiger partial charge in [0.15, 0.2) is 0 Å². The van der Waals surface area contributed by atoms with Gasteiger partial charge in [-0.25, -0.2) is 8.42 Å². The van der Waals surface area contributed by atoms with Gasteiger partial charge < -0.3 is 10.2 Å². The van der Waals surface area contributed by atoms with Crippen molar-refractivity contribution in [3.05, 3.63) is 64.1 Å². The highest BCUT2D eigenvalue weighted by atomic mass is 35.5. The van der Waals surface area contributed by atoms with E-state index in [0.717, 1.165) is 35.6 Å². The van der Waals surface area contributed by atoms with Crippen molar-refractivity contribution in [1.29, 1.82) is 0 Å². The number of nitrogens with zero attached hydrogens (tertiary/aromatic N) is 2. The van der Waals surface area contributed by atoms with Crippen molar-refractivity contribution in [2.45, 2.75) is 69.0 Å². The second-order valence-corrected chi connectivity index (χ2v) is 12.0. The number of sulfonamides is 1. The molecule has 2 aromatic rings. The van der Waals surface area contributed by atoms with Crippen LogP contribution in [0.3, 0.4) is 0 Å². The molecule has 0 aliphatic heterocycles. The van der Waals surface area contributed by atoms with Crippen molar-refractivity contribution in [2.24, 2.45) is 0 Å². The Hall–Kier alpha value is -2.13. The Labute approximate surface area is 223 Å². The zero-order chi connectivity index (χ0) is 26.3. The van der Waals surface area contributed by atoms with Gasteiger partial charge in [-0.05, 0) is 61.2 Å². The molecule has 0 bridgehead atoms. The lowest BCUT2D eigenvalue weighted by Crippen LogP contribution is -2.53. The lowest BCUT2D eigenvalue weighted by atomic mass is 9.95. The molecule has 0 radical (unpaired) electrons. The summed E-state index contributed by atoms with van der Waals surface area (Å²) in [6, 6.07) is 12.2. The third-order valence-corrected chi connectivity index (χ3v) is 8.80. The smallest absolute Gasteiger partial charge is 0.243 e. The van der Waals surface area contributed by atoms with E-state index < -0.39 is 28.5 Å². The number of nitrogens with one attached hydrogen (secondary N) is 1. The molecule has 0 heterocycles. The number of carbonyl (C=O) groups excluding carboxylic acids is 2. The van der Waals surface area contributed by atoms with Gasteiger partial charge in [-0.15, -0.1) is 0 Å². The van der Waals surface area contributed by atoms with Crippen molar-refractivity contribution >= 4 is 45.0 Å². The average Bonchev–Trinajstić information content (AvgIpc) is 2.86. The van der Waals surface area contributed by atoms with E-state index in [0.29, 0.717) is 16.5 Å². The molecule has 2 amide bonds. The lowest BCUT2D eigenvalue weighted by Gasteiger charge is -2.33. The summed E-state index contributed by atoms with van der Waals surface area (Å²) >= 11 is 11.9. The van der Waals surface area contributed by atoms with Crippen LogP contribution in [0.5, 0.6) is 0 Å². The molecule has 0 spiro atoms. The molecule has 1 saturated carbocycles. The van der Waals surface area contributed by atoms with Crippen molar-refractivity contribution in [2.75, 3.05) is 13.6 Å². The highest BCUT2D eigenvalue weighted by Gasteiger charge is 2.32. The van der Waals surface area contributed by atoms with E-state index in [-0.39, 0.29) is 23.4 Å². The van der Waals surface area contributed by atoms with Gasteiger partial charge in [-0.3, -0.25) is 9.59 Å². The van der Waals surface area contributed by atoms with Gasteiger partial charge in [-0.2, -0.15) is 4.31 Å². The minimum absolute atomic E-state index is 0.0357. The Kier molecular flexibility index (Phi) is 10.2. The zero-order valence-corrected chi connectivity index (χ0v) is 23.0. The van der Waals surface area contributed by atoms with E-state index in [1.54, 1.807) is 24.3 Å². The minimum atomic E-state index is -3.93. The van der Waals surface area contributed by atoms with Gasteiger partial charge >= 0.3 is 0 Å². The molecule has 1 fully saturated rings. The molecule has 2 aromatic carbocycles. The van der Waals surface area contributed by atoms with Crippen molar-refractivity contribution < 1.29 is 18.0 Å². The molecule has 3 rings (SSSR count). The number of halogens is 2. The summed E-state index contributed by atoms with van der Waals surface area (Å²) in [7, 11) is -2.58. The fourth-order valence-corrected chi connectivity index (χ4v) is 5.78. The van der Waals surface area contributed by atoms with Crippen LogP contribution in [0.4, 0.5) is 0 Å². The monoisotopic (exact) mass is 553 g/mol. The van der Waals surface area contributed by atoms with Crippen molar-refractivity contribution in [3.63, 3.8) is 0 Å². The number of amides is 2. The van der Waals surface area contributed by atoms with Crippen LogP contribution >= 0.6 is 23.2 Å². The summed E-state index contributed by atoms with van der Waals surface area (Å²) in [5.74, 6) is -0.675. The van der Waals surface area contributed by atoms with E-state index in [2.05, 4.69) is 5.32 Å². The predicted molar refractivity (Wildman–Crippen MR) is 142 cm³/mol. The Morgan fingerprint density at radius 3 is 2.08 bits per heavy atom. The van der Waals surface area contributed by atoms with Gasteiger partial charge in [0, 0.05) is 29.7 Å². The van der Waals surface area contributed by atoms with Crippen LogP contribution in [-0.4, -0.2) is 55.1 Å². The van der Waals surface area contributed by atoms with E-state index in [4.69, 9.17) is 23.2 Å². The first-order valence-electron chi connectivity index (χ1n) is 12.2. The third-order valence-electron chi connectivity index (χ3n) is 6.48. The van der Waals surface area contributed by atoms with Crippen LogP contribution in [0.2, 0.25) is 10.0 Å². The minimum Gasteiger partial charge on any atom is -0.352 e. The summed E-state index contributed by atoms with van der Waals surface area (Å²) in [5, 5.41) is 4.09. The van der Waals surface area contributed by atoms with Gasteiger partial charge in [0.1, 0.15) is 6.04 Å². The molecule has 0 saturated heterocycles. The normalized spacial score (nSPS) is 15.5. The first-order chi connectivity index (χ1) is 17.1. The van der Waals surface area contributed by atoms with Crippen molar-refractivity contribution in [1.82, 2.24) is 14.5 Å². The number of benzene rings is 2. The summed E-state index contributed by atoms with van der Waals surface area (Å²) in [6.45, 7) is 1.59. The Bertz CT molecular complexity index is 1130. The molecule has 7 nitrogen and oxygen atoms in total. The van der Waals surface area contributed by atoms with Gasteiger partial charge in [0.05, 0.1) is 11.4 Å². The number of hydrogen-bond acceptors (Lipinski definition) is 4.